The van der Waals surface area contributed by atoms with Gasteiger partial charge in [0, 0.05) is 38.4 Å². The smallest absolute Gasteiger partial charge is 0.236 e. The van der Waals surface area contributed by atoms with Gasteiger partial charge in [-0.1, -0.05) is 115 Å². The molecule has 0 fully saturated rings. The second kappa shape index (κ2) is 10.6. The van der Waals surface area contributed by atoms with Crippen LogP contribution in [0.2, 0.25) is 0 Å². The van der Waals surface area contributed by atoms with Crippen LogP contribution in [0.25, 0.3) is 93.5 Å². The average molecular weight is 677 g/mol. The van der Waals surface area contributed by atoms with Crippen LogP contribution < -0.4 is 4.90 Å². The number of rotatable bonds is 3. The van der Waals surface area contributed by atoms with Gasteiger partial charge < -0.3 is 8.98 Å². The first-order valence-corrected chi connectivity index (χ1v) is 17.9. The van der Waals surface area contributed by atoms with Crippen LogP contribution in [0.5, 0.6) is 0 Å². The minimum Gasteiger partial charge on any atom is -0.452 e. The number of fused-ring (bicyclic) bond motifs is 9. The summed E-state index contributed by atoms with van der Waals surface area (Å²) in [5.74, 6) is 0.599. The van der Waals surface area contributed by atoms with Gasteiger partial charge in [-0.25, -0.2) is 9.97 Å². The molecule has 5 nitrogen and oxygen atoms in total. The highest BCUT2D eigenvalue weighted by Crippen LogP contribution is 2.52. The van der Waals surface area contributed by atoms with Crippen molar-refractivity contribution in [3.63, 3.8) is 0 Å². The third-order valence-corrected chi connectivity index (χ3v) is 10.9. The molecular weight excluding hydrogens is 649 g/mol. The summed E-state index contributed by atoms with van der Waals surface area (Å²) in [6.45, 7) is 0. The standard InChI is InChI=1S/C48H28N4O/c1-2-17-32(18-3-1)51-38-23-8-6-19-34(38)44-36(22-12-25-40(44)51)46-47-45(35-20-7-9-26-42(35)53-47)49-48(50-46)52-39-24-11-16-29-15-10-21-33(43(29)39)37-27-30-13-4-5-14-31(30)28-41(37)52/h1-28H. The SMILES string of the molecule is c1ccc(-n2c3ccccc3c3c(-c4nc(N5c6cc7ccccc7cc6-c6cccc7cccc5c67)nc5c4oc4ccccc45)cccc32)cc1. The van der Waals surface area contributed by atoms with Crippen LogP contribution in [0, 0.1) is 0 Å². The lowest BCUT2D eigenvalue weighted by molar-refractivity contribution is 0.667. The molecule has 0 radical (unpaired) electrons. The van der Waals surface area contributed by atoms with Crippen molar-refractivity contribution in [2.24, 2.45) is 0 Å². The minimum absolute atomic E-state index is 0.599. The topological polar surface area (TPSA) is 47.1 Å². The second-order valence-corrected chi connectivity index (χ2v) is 13.8. The Labute approximate surface area is 303 Å². The monoisotopic (exact) mass is 676 g/mol. The van der Waals surface area contributed by atoms with Crippen molar-refractivity contribution in [2.75, 3.05) is 4.90 Å². The molecule has 12 rings (SSSR count). The Hall–Kier alpha value is -7.24. The Morgan fingerprint density at radius 1 is 0.453 bits per heavy atom. The van der Waals surface area contributed by atoms with Crippen LogP contribution in [-0.2, 0) is 0 Å². The summed E-state index contributed by atoms with van der Waals surface area (Å²) in [4.78, 5) is 13.3. The zero-order valence-corrected chi connectivity index (χ0v) is 28.4. The first-order chi connectivity index (χ1) is 26.3. The zero-order valence-electron chi connectivity index (χ0n) is 28.4. The van der Waals surface area contributed by atoms with E-state index in [1.54, 1.807) is 0 Å². The van der Waals surface area contributed by atoms with Gasteiger partial charge in [0.15, 0.2) is 5.58 Å². The number of para-hydroxylation sites is 3. The highest BCUT2D eigenvalue weighted by Gasteiger charge is 2.30. The van der Waals surface area contributed by atoms with E-state index in [9.17, 15) is 0 Å². The Bertz CT molecular complexity index is 3300. The maximum atomic E-state index is 6.72. The number of benzene rings is 8. The van der Waals surface area contributed by atoms with Crippen molar-refractivity contribution in [3.8, 4) is 28.1 Å². The van der Waals surface area contributed by atoms with E-state index in [1.807, 2.05) is 18.2 Å². The molecule has 4 heterocycles. The number of nitrogens with zero attached hydrogens (tertiary/aromatic N) is 4. The summed E-state index contributed by atoms with van der Waals surface area (Å²) in [5, 5.41) is 7.96. The molecule has 0 unspecified atom stereocenters. The molecule has 53 heavy (non-hydrogen) atoms. The number of hydrogen-bond donors (Lipinski definition) is 0. The molecule has 1 aliphatic heterocycles. The van der Waals surface area contributed by atoms with Crippen molar-refractivity contribution >= 4 is 82.7 Å². The summed E-state index contributed by atoms with van der Waals surface area (Å²) in [5.41, 5.74) is 11.8. The first kappa shape index (κ1) is 28.5. The van der Waals surface area contributed by atoms with Gasteiger partial charge >= 0.3 is 0 Å². The molecule has 0 N–H and O–H groups in total. The van der Waals surface area contributed by atoms with Gasteiger partial charge in [0.25, 0.3) is 0 Å². The van der Waals surface area contributed by atoms with E-state index in [0.717, 1.165) is 77.6 Å². The third kappa shape index (κ3) is 3.96. The van der Waals surface area contributed by atoms with Gasteiger partial charge in [-0.15, -0.1) is 0 Å². The quantitative estimate of drug-likeness (QED) is 0.187. The lowest BCUT2D eigenvalue weighted by Crippen LogP contribution is -2.18. The third-order valence-electron chi connectivity index (χ3n) is 10.9. The fourth-order valence-corrected chi connectivity index (χ4v) is 8.64. The van der Waals surface area contributed by atoms with Gasteiger partial charge in [0.05, 0.1) is 22.4 Å². The fourth-order valence-electron chi connectivity index (χ4n) is 8.64. The van der Waals surface area contributed by atoms with E-state index in [1.165, 1.54) is 21.7 Å². The van der Waals surface area contributed by atoms with E-state index in [-0.39, 0.29) is 0 Å². The molecule has 0 atom stereocenters. The van der Waals surface area contributed by atoms with Gasteiger partial charge in [0.1, 0.15) is 16.8 Å². The lowest BCUT2D eigenvalue weighted by Gasteiger charge is -2.32. The largest absolute Gasteiger partial charge is 0.452 e. The van der Waals surface area contributed by atoms with Crippen molar-refractivity contribution < 1.29 is 4.42 Å². The summed E-state index contributed by atoms with van der Waals surface area (Å²) in [6.07, 6.45) is 0. The van der Waals surface area contributed by atoms with Crippen molar-refractivity contribution in [2.45, 2.75) is 0 Å². The van der Waals surface area contributed by atoms with Gasteiger partial charge in [0.2, 0.25) is 5.95 Å². The predicted molar refractivity (Wildman–Crippen MR) is 218 cm³/mol. The molecule has 0 saturated carbocycles. The minimum atomic E-state index is 0.599. The molecular formula is C48H28N4O. The maximum absolute atomic E-state index is 6.72. The van der Waals surface area contributed by atoms with Crippen LogP contribution in [0.1, 0.15) is 0 Å². The molecule has 1 aliphatic rings. The van der Waals surface area contributed by atoms with E-state index in [2.05, 4.69) is 161 Å². The number of anilines is 3. The maximum Gasteiger partial charge on any atom is 0.236 e. The lowest BCUT2D eigenvalue weighted by atomic mass is 9.89. The van der Waals surface area contributed by atoms with Crippen LogP contribution in [0.3, 0.4) is 0 Å². The van der Waals surface area contributed by atoms with Crippen LogP contribution in [0.4, 0.5) is 17.3 Å². The van der Waals surface area contributed by atoms with E-state index in [0.29, 0.717) is 11.5 Å². The van der Waals surface area contributed by atoms with Gasteiger partial charge in [-0.05, 0) is 76.3 Å². The molecule has 8 aromatic carbocycles. The summed E-state index contributed by atoms with van der Waals surface area (Å²) >= 11 is 0. The highest BCUT2D eigenvalue weighted by molar-refractivity contribution is 6.19. The molecule has 0 saturated heterocycles. The fraction of sp³-hybridized carbons (Fsp3) is 0. The molecule has 246 valence electrons. The number of furan rings is 1. The summed E-state index contributed by atoms with van der Waals surface area (Å²) in [6, 6.07) is 60.1. The van der Waals surface area contributed by atoms with Gasteiger partial charge in [-0.2, -0.15) is 0 Å². The van der Waals surface area contributed by atoms with E-state index >= 15 is 0 Å². The normalized spacial score (nSPS) is 12.5. The van der Waals surface area contributed by atoms with Crippen LogP contribution in [0.15, 0.2) is 174 Å². The second-order valence-electron chi connectivity index (χ2n) is 13.8. The predicted octanol–water partition coefficient (Wildman–Crippen LogP) is 12.9. The average Bonchev–Trinajstić information content (AvgIpc) is 3.77. The van der Waals surface area contributed by atoms with Crippen molar-refractivity contribution in [1.29, 1.82) is 0 Å². The molecule has 11 aromatic rings. The Morgan fingerprint density at radius 3 is 2.02 bits per heavy atom. The summed E-state index contributed by atoms with van der Waals surface area (Å²) in [7, 11) is 0. The van der Waals surface area contributed by atoms with Crippen LogP contribution >= 0.6 is 0 Å². The molecule has 0 amide bonds. The Balaban J connectivity index is 1.22. The van der Waals surface area contributed by atoms with Crippen molar-refractivity contribution in [3.05, 3.63) is 170 Å². The van der Waals surface area contributed by atoms with Crippen LogP contribution in [-0.4, -0.2) is 14.5 Å². The van der Waals surface area contributed by atoms with E-state index < -0.39 is 0 Å². The zero-order chi connectivity index (χ0) is 34.6. The molecule has 5 heteroatoms. The molecule has 0 spiro atoms. The molecule has 3 aromatic heterocycles. The first-order valence-electron chi connectivity index (χ1n) is 17.9. The van der Waals surface area contributed by atoms with Crippen molar-refractivity contribution in [1.82, 2.24) is 14.5 Å². The molecule has 0 bridgehead atoms. The van der Waals surface area contributed by atoms with Gasteiger partial charge in [-0.3, -0.25) is 4.90 Å². The van der Waals surface area contributed by atoms with E-state index in [4.69, 9.17) is 14.4 Å². The number of hydrogen-bond acceptors (Lipinski definition) is 4. The highest BCUT2D eigenvalue weighted by atomic mass is 16.3. The molecule has 0 aliphatic carbocycles. The summed E-state index contributed by atoms with van der Waals surface area (Å²) < 4.78 is 9.07. The number of aromatic nitrogens is 3. The Morgan fingerprint density at radius 2 is 1.13 bits per heavy atom. The Kier molecular flexibility index (Phi) is 5.71.